The summed E-state index contributed by atoms with van der Waals surface area (Å²) in [4.78, 5) is 30.1. The Morgan fingerprint density at radius 2 is 1.68 bits per heavy atom. The summed E-state index contributed by atoms with van der Waals surface area (Å²) >= 11 is 0. The van der Waals surface area contributed by atoms with Crippen molar-refractivity contribution in [2.45, 2.75) is 12.7 Å². The van der Waals surface area contributed by atoms with Crippen LogP contribution in [-0.4, -0.2) is 28.7 Å². The first-order valence-electron chi connectivity index (χ1n) is 10.8. The van der Waals surface area contributed by atoms with E-state index >= 15 is 0 Å². The molecule has 3 N–H and O–H groups in total. The summed E-state index contributed by atoms with van der Waals surface area (Å²) in [7, 11) is 1.48. The number of nitrogens with zero attached hydrogens (tertiary/aromatic N) is 2. The van der Waals surface area contributed by atoms with Gasteiger partial charge in [-0.1, -0.05) is 24.3 Å². The van der Waals surface area contributed by atoms with Crippen molar-refractivity contribution in [2.24, 2.45) is 0 Å². The number of hydrogen-bond acceptors (Lipinski definition) is 5. The van der Waals surface area contributed by atoms with Crippen molar-refractivity contribution in [2.75, 3.05) is 18.2 Å². The van der Waals surface area contributed by atoms with Gasteiger partial charge in [0.2, 0.25) is 5.43 Å². The van der Waals surface area contributed by atoms with Gasteiger partial charge in [-0.25, -0.2) is 9.37 Å². The number of ether oxygens (including phenoxy) is 1. The Kier molecular flexibility index (Phi) is 6.96. The minimum atomic E-state index is -4.60. The van der Waals surface area contributed by atoms with E-state index in [1.165, 1.54) is 37.6 Å². The van der Waals surface area contributed by atoms with E-state index in [0.717, 1.165) is 24.5 Å². The highest BCUT2D eigenvalue weighted by atomic mass is 19.4. The van der Waals surface area contributed by atoms with Crippen LogP contribution in [0.15, 0.2) is 78.0 Å². The fourth-order valence-corrected chi connectivity index (χ4v) is 3.76. The van der Waals surface area contributed by atoms with E-state index < -0.39 is 35.4 Å². The van der Waals surface area contributed by atoms with Gasteiger partial charge in [0, 0.05) is 29.8 Å². The molecule has 0 radical (unpaired) electrons. The average Bonchev–Trinajstić information content (AvgIpc) is 2.85. The lowest BCUT2D eigenvalue weighted by Crippen LogP contribution is -2.27. The largest absolute Gasteiger partial charge is 0.496 e. The molecule has 0 bridgehead atoms. The molecule has 0 unspecified atom stereocenters. The fraction of sp³-hybridized carbons (Fsp3) is 0.115. The molecule has 0 fully saturated rings. The molecule has 0 spiro atoms. The van der Waals surface area contributed by atoms with Crippen molar-refractivity contribution in [3.8, 4) is 28.0 Å². The molecule has 11 heteroatoms. The Balaban J connectivity index is 1.68. The molecule has 190 valence electrons. The highest BCUT2D eigenvalue weighted by Gasteiger charge is 2.29. The molecule has 0 saturated carbocycles. The number of alkyl halides is 3. The molecule has 0 aliphatic heterocycles. The van der Waals surface area contributed by atoms with Crippen LogP contribution in [-0.2, 0) is 6.54 Å². The number of aromatic nitrogens is 2. The number of nitrogens with one attached hydrogen (secondary N) is 1. The lowest BCUT2D eigenvalue weighted by atomic mass is 10.0. The van der Waals surface area contributed by atoms with Crippen LogP contribution in [0.2, 0.25) is 0 Å². The number of pyridine rings is 2. The summed E-state index contributed by atoms with van der Waals surface area (Å²) in [6.45, 7) is -1.43. The van der Waals surface area contributed by atoms with E-state index in [0.29, 0.717) is 21.4 Å². The van der Waals surface area contributed by atoms with E-state index in [9.17, 15) is 27.2 Å². The van der Waals surface area contributed by atoms with Crippen molar-refractivity contribution < 1.29 is 27.1 Å². The zero-order chi connectivity index (χ0) is 26.7. The third-order valence-corrected chi connectivity index (χ3v) is 5.43. The normalized spacial score (nSPS) is 11.3. The molecular formula is C26H20F4N4O3. The first-order chi connectivity index (χ1) is 17.6. The summed E-state index contributed by atoms with van der Waals surface area (Å²) in [5.41, 5.74) is 6.13. The number of nitrogens with two attached hydrogens (primary N) is 1. The van der Waals surface area contributed by atoms with Gasteiger partial charge >= 0.3 is 6.18 Å². The van der Waals surface area contributed by atoms with Gasteiger partial charge in [-0.3, -0.25) is 9.59 Å². The van der Waals surface area contributed by atoms with Crippen molar-refractivity contribution in [1.82, 2.24) is 9.55 Å². The van der Waals surface area contributed by atoms with Crippen molar-refractivity contribution in [1.29, 1.82) is 0 Å². The molecule has 0 aliphatic carbocycles. The molecule has 0 aliphatic rings. The predicted molar refractivity (Wildman–Crippen MR) is 131 cm³/mol. The van der Waals surface area contributed by atoms with Crippen LogP contribution in [0.4, 0.5) is 29.1 Å². The standard InChI is InChI=1S/C26H20F4N4O3/c1-37-21-10-11-32-24(31)22(21)16-4-8-18(9-5-16)33-25(36)20-13-34(14-26(28,29)30)12-19(23(20)35)15-2-6-17(27)7-3-15/h2-13H,14H2,1H3,(H2,31,32)(H,33,36). The molecule has 4 rings (SSSR count). The topological polar surface area (TPSA) is 99.2 Å². The molecule has 2 aromatic heterocycles. The zero-order valence-electron chi connectivity index (χ0n) is 19.3. The highest BCUT2D eigenvalue weighted by Crippen LogP contribution is 2.34. The van der Waals surface area contributed by atoms with Gasteiger partial charge in [-0.05, 0) is 41.5 Å². The second-order valence-corrected chi connectivity index (χ2v) is 8.01. The van der Waals surface area contributed by atoms with Crippen LogP contribution in [0.5, 0.6) is 5.75 Å². The summed E-state index contributed by atoms with van der Waals surface area (Å²) < 4.78 is 58.7. The lowest BCUT2D eigenvalue weighted by Gasteiger charge is -2.15. The first kappa shape index (κ1) is 25.4. The van der Waals surface area contributed by atoms with Gasteiger partial charge in [-0.15, -0.1) is 0 Å². The maximum atomic E-state index is 13.3. The number of methoxy groups -OCH3 is 1. The zero-order valence-corrected chi connectivity index (χ0v) is 19.3. The van der Waals surface area contributed by atoms with E-state index in [1.807, 2.05) is 0 Å². The quantitative estimate of drug-likeness (QED) is 0.350. The fourth-order valence-electron chi connectivity index (χ4n) is 3.76. The minimum Gasteiger partial charge on any atom is -0.496 e. The molecule has 37 heavy (non-hydrogen) atoms. The number of anilines is 2. The Hall–Kier alpha value is -4.67. The average molecular weight is 512 g/mol. The van der Waals surface area contributed by atoms with Crippen LogP contribution in [0.25, 0.3) is 22.3 Å². The van der Waals surface area contributed by atoms with Crippen LogP contribution in [0.1, 0.15) is 10.4 Å². The Morgan fingerprint density at radius 1 is 1.03 bits per heavy atom. The van der Waals surface area contributed by atoms with Crippen LogP contribution in [0.3, 0.4) is 0 Å². The van der Waals surface area contributed by atoms with Gasteiger partial charge in [0.25, 0.3) is 5.91 Å². The number of nitrogen functional groups attached to an aromatic ring is 1. The van der Waals surface area contributed by atoms with Gasteiger partial charge in [0.15, 0.2) is 0 Å². The number of amides is 1. The monoisotopic (exact) mass is 512 g/mol. The third-order valence-electron chi connectivity index (χ3n) is 5.43. The lowest BCUT2D eigenvalue weighted by molar-refractivity contribution is -0.140. The molecule has 7 nitrogen and oxygen atoms in total. The predicted octanol–water partition coefficient (Wildman–Crippen LogP) is 5.12. The minimum absolute atomic E-state index is 0.171. The second kappa shape index (κ2) is 10.1. The van der Waals surface area contributed by atoms with E-state index in [2.05, 4.69) is 10.3 Å². The number of benzene rings is 2. The summed E-state index contributed by atoms with van der Waals surface area (Å²) in [5.74, 6) is -0.760. The molecule has 0 saturated heterocycles. The Morgan fingerprint density at radius 3 is 2.30 bits per heavy atom. The third kappa shape index (κ3) is 5.77. The van der Waals surface area contributed by atoms with Crippen LogP contribution in [0, 0.1) is 5.82 Å². The molecule has 2 heterocycles. The van der Waals surface area contributed by atoms with Crippen molar-refractivity contribution in [3.05, 3.63) is 94.8 Å². The van der Waals surface area contributed by atoms with Crippen LogP contribution < -0.4 is 21.2 Å². The smallest absolute Gasteiger partial charge is 0.406 e. The maximum Gasteiger partial charge on any atom is 0.406 e. The summed E-state index contributed by atoms with van der Waals surface area (Å²) in [6.07, 6.45) is -1.28. The second-order valence-electron chi connectivity index (χ2n) is 8.01. The molecule has 0 atom stereocenters. The van der Waals surface area contributed by atoms with E-state index in [4.69, 9.17) is 10.5 Å². The van der Waals surface area contributed by atoms with Gasteiger partial charge < -0.3 is 20.4 Å². The van der Waals surface area contributed by atoms with E-state index in [-0.39, 0.29) is 22.6 Å². The number of rotatable bonds is 6. The number of halogens is 4. The number of carbonyl (C=O) groups excluding carboxylic acids is 1. The van der Waals surface area contributed by atoms with Crippen molar-refractivity contribution in [3.63, 3.8) is 0 Å². The maximum absolute atomic E-state index is 13.3. The van der Waals surface area contributed by atoms with Gasteiger partial charge in [-0.2, -0.15) is 13.2 Å². The Labute approximate surface area is 208 Å². The summed E-state index contributed by atoms with van der Waals surface area (Å²) in [5, 5.41) is 2.53. The van der Waals surface area contributed by atoms with Crippen LogP contribution >= 0.6 is 0 Å². The molecule has 2 aromatic carbocycles. The van der Waals surface area contributed by atoms with E-state index in [1.54, 1.807) is 18.2 Å². The Bertz CT molecular complexity index is 1500. The van der Waals surface area contributed by atoms with Gasteiger partial charge in [0.1, 0.15) is 29.5 Å². The highest BCUT2D eigenvalue weighted by molar-refractivity contribution is 6.04. The van der Waals surface area contributed by atoms with Crippen molar-refractivity contribution >= 4 is 17.4 Å². The number of hydrogen-bond donors (Lipinski definition) is 2. The molecule has 4 aromatic rings. The molecule has 1 amide bonds. The number of carbonyl (C=O) groups is 1. The molecular weight excluding hydrogens is 492 g/mol. The summed E-state index contributed by atoms with van der Waals surface area (Å²) in [6, 6.07) is 12.6. The van der Waals surface area contributed by atoms with Gasteiger partial charge in [0.05, 0.1) is 12.7 Å². The first-order valence-corrected chi connectivity index (χ1v) is 10.8. The SMILES string of the molecule is COc1ccnc(N)c1-c1ccc(NC(=O)c2cn(CC(F)(F)F)cc(-c3ccc(F)cc3)c2=O)cc1.